The Morgan fingerprint density at radius 3 is 2.14 bits per heavy atom. The highest BCUT2D eigenvalue weighted by atomic mass is 16.5. The number of aliphatic hydroxyl groups excluding tert-OH is 1. The molecule has 0 aromatic heterocycles. The van der Waals surface area contributed by atoms with Crippen molar-refractivity contribution in [2.45, 2.75) is 121 Å². The van der Waals surface area contributed by atoms with Gasteiger partial charge in [-0.05, 0) is 165 Å². The van der Waals surface area contributed by atoms with Crippen LogP contribution in [-0.4, -0.2) is 65.8 Å². The highest BCUT2D eigenvalue weighted by Gasteiger charge is 2.59. The van der Waals surface area contributed by atoms with Gasteiger partial charge in [-0.15, -0.1) is 0 Å². The molecule has 0 heterocycles. The average Bonchev–Trinajstić information content (AvgIpc) is 3.52. The lowest BCUT2D eigenvalue weighted by molar-refractivity contribution is -0.148. The highest BCUT2D eigenvalue weighted by Crippen LogP contribution is 2.62. The van der Waals surface area contributed by atoms with Gasteiger partial charge < -0.3 is 24.6 Å². The fourth-order valence-electron chi connectivity index (χ4n) is 13.5. The summed E-state index contributed by atoms with van der Waals surface area (Å²) in [5.74, 6) is 3.29. The lowest BCUT2D eigenvalue weighted by Gasteiger charge is -2.58. The van der Waals surface area contributed by atoms with E-state index >= 15 is 4.79 Å². The van der Waals surface area contributed by atoms with Crippen LogP contribution in [0.25, 0.3) is 11.1 Å². The van der Waals surface area contributed by atoms with E-state index < -0.39 is 17.1 Å². The van der Waals surface area contributed by atoms with Gasteiger partial charge in [-0.1, -0.05) is 91.4 Å². The number of carbonyl (C=O) groups is 2. The Balaban J connectivity index is 1.09. The van der Waals surface area contributed by atoms with E-state index in [4.69, 9.17) is 9.47 Å². The molecular formula is C56H67NO6. The Morgan fingerprint density at radius 2 is 1.46 bits per heavy atom. The third kappa shape index (κ3) is 8.77. The first-order chi connectivity index (χ1) is 30.4. The second-order valence-corrected chi connectivity index (χ2v) is 20.8. The summed E-state index contributed by atoms with van der Waals surface area (Å²) in [5.41, 5.74) is 5.60. The van der Waals surface area contributed by atoms with Crippen molar-refractivity contribution < 1.29 is 29.3 Å². The van der Waals surface area contributed by atoms with Crippen LogP contribution in [0.1, 0.15) is 129 Å². The smallest absolute Gasteiger partial charge is 0.227 e. The average molecular weight is 850 g/mol. The largest absolute Gasteiger partial charge is 0.493 e. The zero-order chi connectivity index (χ0) is 43.9. The molecule has 332 valence electrons. The van der Waals surface area contributed by atoms with Crippen molar-refractivity contribution in [3.63, 3.8) is 0 Å². The number of methoxy groups -OCH3 is 2. The van der Waals surface area contributed by atoms with Gasteiger partial charge in [-0.25, -0.2) is 0 Å². The van der Waals surface area contributed by atoms with Gasteiger partial charge in [0.2, 0.25) is 5.91 Å². The summed E-state index contributed by atoms with van der Waals surface area (Å²) >= 11 is 0. The molecule has 0 radical (unpaired) electrons. The van der Waals surface area contributed by atoms with Gasteiger partial charge in [0.25, 0.3) is 0 Å². The first kappa shape index (κ1) is 43.5. The molecule has 4 aromatic rings. The molecule has 11 rings (SSSR count). The van der Waals surface area contributed by atoms with Crippen molar-refractivity contribution in [2.75, 3.05) is 27.3 Å². The first-order valence-corrected chi connectivity index (χ1v) is 23.7. The van der Waals surface area contributed by atoms with E-state index in [0.717, 1.165) is 58.4 Å². The van der Waals surface area contributed by atoms with Crippen LogP contribution in [0.15, 0.2) is 103 Å². The van der Waals surface area contributed by atoms with Crippen LogP contribution in [-0.2, 0) is 17.6 Å². The number of hydrogen-bond donors (Lipinski definition) is 2. The Kier molecular flexibility index (Phi) is 12.2. The molecule has 1 amide bonds. The van der Waals surface area contributed by atoms with Crippen molar-refractivity contribution in [3.8, 4) is 22.6 Å². The summed E-state index contributed by atoms with van der Waals surface area (Å²) in [5, 5.41) is 24.8. The number of aliphatic hydroxyl groups is 2. The van der Waals surface area contributed by atoms with E-state index in [-0.39, 0.29) is 36.0 Å². The predicted molar refractivity (Wildman–Crippen MR) is 249 cm³/mol. The maximum Gasteiger partial charge on any atom is 0.227 e. The lowest BCUT2D eigenvalue weighted by Crippen LogP contribution is -2.58. The fourth-order valence-corrected chi connectivity index (χ4v) is 13.5. The van der Waals surface area contributed by atoms with E-state index in [1.54, 1.807) is 14.2 Å². The summed E-state index contributed by atoms with van der Waals surface area (Å²) in [4.78, 5) is 32.0. The standard InChI is InChI=1S/C56H67NO6/c1-37-9-8-23-54(2)49(47-20-13-38(28-46(58)19-12-37)29-48(47)53(60)45-17-15-44(16-18-45)43-10-6-5-7-11-43)22-24-56(54,61)36-57(35-55-32-40-25-41(33-55)27-42(26-40)34-55)52(59)31-39-14-21-50(62-3)51(30-39)63-4/h5-7,9-11,13-18,20-21,29-30,40-42,46,49,58,61H,8,12,19,22-28,31-36H2,1-4H3/t40?,41?,42?,46-,49-,54-,55?,56+/m0/s1. The van der Waals surface area contributed by atoms with Gasteiger partial charge in [0.15, 0.2) is 17.3 Å². The van der Waals surface area contributed by atoms with Crippen LogP contribution in [0.5, 0.6) is 11.5 Å². The van der Waals surface area contributed by atoms with Gasteiger partial charge in [0, 0.05) is 29.6 Å². The third-order valence-corrected chi connectivity index (χ3v) is 16.5. The zero-order valence-corrected chi connectivity index (χ0v) is 37.9. The van der Waals surface area contributed by atoms with Crippen molar-refractivity contribution in [1.29, 1.82) is 0 Å². The van der Waals surface area contributed by atoms with Crippen LogP contribution >= 0.6 is 0 Å². The van der Waals surface area contributed by atoms with Crippen LogP contribution in [0.4, 0.5) is 0 Å². The molecule has 0 spiro atoms. The second-order valence-electron chi connectivity index (χ2n) is 20.8. The van der Waals surface area contributed by atoms with E-state index in [1.165, 1.54) is 44.1 Å². The van der Waals surface area contributed by atoms with Gasteiger partial charge in [-0.2, -0.15) is 0 Å². The van der Waals surface area contributed by atoms with E-state index in [0.29, 0.717) is 61.3 Å². The molecule has 2 N–H and O–H groups in total. The van der Waals surface area contributed by atoms with Gasteiger partial charge in [-0.3, -0.25) is 9.59 Å². The molecule has 7 aliphatic rings. The molecule has 7 nitrogen and oxygen atoms in total. The number of amides is 1. The molecule has 0 unspecified atom stereocenters. The van der Waals surface area contributed by atoms with E-state index in [9.17, 15) is 15.0 Å². The monoisotopic (exact) mass is 849 g/mol. The van der Waals surface area contributed by atoms with Crippen molar-refractivity contribution >= 4 is 11.7 Å². The molecule has 7 aliphatic carbocycles. The number of hydrogen-bond acceptors (Lipinski definition) is 6. The summed E-state index contributed by atoms with van der Waals surface area (Å²) in [6, 6.07) is 30.0. The van der Waals surface area contributed by atoms with Crippen LogP contribution in [0.3, 0.4) is 0 Å². The van der Waals surface area contributed by atoms with Crippen molar-refractivity contribution in [3.05, 3.63) is 130 Å². The van der Waals surface area contributed by atoms with Gasteiger partial charge >= 0.3 is 0 Å². The molecule has 0 saturated heterocycles. The summed E-state index contributed by atoms with van der Waals surface area (Å²) in [6.45, 7) is 5.31. The second kappa shape index (κ2) is 17.7. The lowest BCUT2D eigenvalue weighted by atomic mass is 9.49. The number of benzene rings is 4. The minimum Gasteiger partial charge on any atom is -0.493 e. The molecule has 4 atom stereocenters. The highest BCUT2D eigenvalue weighted by molar-refractivity contribution is 6.10. The Hall–Kier alpha value is -4.72. The van der Waals surface area contributed by atoms with E-state index in [1.807, 2.05) is 66.7 Å². The minimum atomic E-state index is -1.21. The van der Waals surface area contributed by atoms with Crippen LogP contribution in [0.2, 0.25) is 0 Å². The number of ketones is 1. The summed E-state index contributed by atoms with van der Waals surface area (Å²) in [7, 11) is 3.24. The third-order valence-electron chi connectivity index (χ3n) is 16.5. The fraction of sp³-hybridized carbons (Fsp3) is 0.500. The van der Waals surface area contributed by atoms with Crippen molar-refractivity contribution in [1.82, 2.24) is 4.90 Å². The first-order valence-electron chi connectivity index (χ1n) is 23.7. The Morgan fingerprint density at radius 1 is 0.778 bits per heavy atom. The quantitative estimate of drug-likeness (QED) is 0.115. The summed E-state index contributed by atoms with van der Waals surface area (Å²) in [6.07, 6.45) is 14.0. The number of fused-ring (bicyclic) bond motifs is 8. The number of nitrogens with zero attached hydrogens (tertiary/aromatic N) is 1. The molecule has 5 saturated carbocycles. The maximum atomic E-state index is 15.0. The molecule has 0 aliphatic heterocycles. The molecule has 63 heavy (non-hydrogen) atoms. The number of ether oxygens (including phenoxy) is 2. The molecule has 4 aromatic carbocycles. The van der Waals surface area contributed by atoms with Gasteiger partial charge in [0.05, 0.1) is 32.3 Å². The molecule has 6 bridgehead atoms. The molecule has 5 fully saturated rings. The zero-order valence-electron chi connectivity index (χ0n) is 37.9. The molecule has 7 heteroatoms. The Labute approximate surface area is 374 Å². The van der Waals surface area contributed by atoms with Crippen LogP contribution < -0.4 is 9.47 Å². The van der Waals surface area contributed by atoms with Crippen molar-refractivity contribution in [2.24, 2.45) is 28.6 Å². The number of allylic oxidation sites excluding steroid dienone is 2. The SMILES string of the molecule is COc1ccc(CC(=O)N(CC23CC4CC(CC(C4)C2)C3)C[C@]2(O)CC[C@H]3c4ccc(cc4C(=O)c4ccc(-c5ccccc5)cc4)C[C@@H](O)CCC(C)=CCC[C@@]32C)cc1OC. The Bertz CT molecular complexity index is 2300. The maximum absolute atomic E-state index is 15.0. The number of carbonyl (C=O) groups excluding carboxylic acids is 2. The normalized spacial score (nSPS) is 30.0. The predicted octanol–water partition coefficient (Wildman–Crippen LogP) is 10.9. The summed E-state index contributed by atoms with van der Waals surface area (Å²) < 4.78 is 11.2. The minimum absolute atomic E-state index is 0.0350. The molecular weight excluding hydrogens is 783 g/mol. The van der Waals surface area contributed by atoms with Crippen LogP contribution in [0, 0.1) is 28.6 Å². The van der Waals surface area contributed by atoms with E-state index in [2.05, 4.69) is 49.1 Å². The van der Waals surface area contributed by atoms with Gasteiger partial charge in [0.1, 0.15) is 0 Å². The topological polar surface area (TPSA) is 96.3 Å². The number of rotatable bonds is 11.